The summed E-state index contributed by atoms with van der Waals surface area (Å²) in [6.07, 6.45) is 0.505. The number of carbonyl (C=O) groups excluding carboxylic acids is 1. The van der Waals surface area contributed by atoms with Crippen molar-refractivity contribution in [3.05, 3.63) is 90.1 Å². The van der Waals surface area contributed by atoms with E-state index in [1.807, 2.05) is 42.6 Å². The van der Waals surface area contributed by atoms with Crippen LogP contribution in [0.1, 0.15) is 23.7 Å². The molecule has 0 aliphatic carbocycles. The van der Waals surface area contributed by atoms with E-state index in [4.69, 9.17) is 19.6 Å². The van der Waals surface area contributed by atoms with Gasteiger partial charge in [-0.1, -0.05) is 53.8 Å². The first kappa shape index (κ1) is 21.7. The molecule has 0 amide bonds. The fourth-order valence-corrected chi connectivity index (χ4v) is 4.86. The second kappa shape index (κ2) is 8.99. The number of hydrogen-bond donors (Lipinski definition) is 1. The molecule has 2 heterocycles. The van der Waals surface area contributed by atoms with Gasteiger partial charge in [-0.15, -0.1) is 0 Å². The largest absolute Gasteiger partial charge is 0.497 e. The molecule has 3 aromatic carbocycles. The van der Waals surface area contributed by atoms with Crippen molar-refractivity contribution in [2.24, 2.45) is 0 Å². The minimum absolute atomic E-state index is 0.665. The third-order valence-corrected chi connectivity index (χ3v) is 6.48. The van der Waals surface area contributed by atoms with E-state index in [0.717, 1.165) is 26.4 Å². The van der Waals surface area contributed by atoms with Gasteiger partial charge in [-0.05, 0) is 41.5 Å². The Balaban J connectivity index is 1.53. The second-order valence-corrected chi connectivity index (χ2v) is 8.70. The molecule has 1 unspecified atom stereocenters. The second-order valence-electron chi connectivity index (χ2n) is 7.69. The number of methoxy groups -OCH3 is 1. The topological polar surface area (TPSA) is 90.1 Å². The van der Waals surface area contributed by atoms with E-state index in [1.165, 1.54) is 0 Å². The van der Waals surface area contributed by atoms with Gasteiger partial charge in [0.15, 0.2) is 11.1 Å². The fourth-order valence-electron chi connectivity index (χ4n) is 3.85. The number of hydrogen-bond acceptors (Lipinski definition) is 6. The number of aliphatic carboxylic acids is 1. The van der Waals surface area contributed by atoms with Crippen molar-refractivity contribution >= 4 is 38.5 Å². The third kappa shape index (κ3) is 4.23. The predicted octanol–water partition coefficient (Wildman–Crippen LogP) is 5.33. The molecule has 5 rings (SSSR count). The molecular weight excluding hydrogens is 452 g/mol. The molecule has 5 aromatic rings. The molecule has 0 bridgehead atoms. The number of esters is 1. The van der Waals surface area contributed by atoms with Gasteiger partial charge >= 0.3 is 11.9 Å². The normalized spacial score (nSPS) is 12.0. The highest BCUT2D eigenvalue weighted by atomic mass is 32.1. The van der Waals surface area contributed by atoms with E-state index < -0.39 is 24.5 Å². The van der Waals surface area contributed by atoms with Gasteiger partial charge in [-0.2, -0.15) is 0 Å². The van der Waals surface area contributed by atoms with E-state index in [-0.39, 0.29) is 0 Å². The van der Waals surface area contributed by atoms with E-state index in [1.54, 1.807) is 42.7 Å². The van der Waals surface area contributed by atoms with Crippen LogP contribution in [0.2, 0.25) is 0 Å². The fraction of sp³-hybridized carbons (Fsp3) is 0.115. The first-order valence-electron chi connectivity index (χ1n) is 10.5. The Labute approximate surface area is 198 Å². The summed E-state index contributed by atoms with van der Waals surface area (Å²) in [6.45, 7) is 0. The first-order chi connectivity index (χ1) is 16.5. The van der Waals surface area contributed by atoms with E-state index in [0.29, 0.717) is 16.9 Å². The minimum Gasteiger partial charge on any atom is -0.497 e. The summed E-state index contributed by atoms with van der Waals surface area (Å²) in [5.41, 5.74) is 4.17. The Morgan fingerprint density at radius 2 is 1.82 bits per heavy atom. The average Bonchev–Trinajstić information content (AvgIpc) is 3.41. The molecule has 0 radical (unpaired) electrons. The van der Waals surface area contributed by atoms with Gasteiger partial charge in [-0.3, -0.25) is 14.0 Å². The summed E-state index contributed by atoms with van der Waals surface area (Å²) >= 11 is 1.62. The van der Waals surface area contributed by atoms with Crippen LogP contribution in [0.15, 0.2) is 79.0 Å². The van der Waals surface area contributed by atoms with Crippen molar-refractivity contribution in [3.8, 4) is 17.0 Å². The molecule has 8 heteroatoms. The monoisotopic (exact) mass is 472 g/mol. The van der Waals surface area contributed by atoms with Crippen LogP contribution in [0.4, 0.5) is 0 Å². The number of benzene rings is 3. The number of aromatic nitrogens is 2. The Hall–Kier alpha value is -4.17. The smallest absolute Gasteiger partial charge is 0.318 e. The van der Waals surface area contributed by atoms with Gasteiger partial charge < -0.3 is 14.6 Å². The molecule has 0 aliphatic heterocycles. The molecule has 0 saturated carbocycles. The zero-order chi connectivity index (χ0) is 23.7. The lowest BCUT2D eigenvalue weighted by atomic mass is 9.98. The third-order valence-electron chi connectivity index (χ3n) is 5.45. The molecule has 2 aromatic heterocycles. The first-order valence-corrected chi connectivity index (χ1v) is 11.4. The van der Waals surface area contributed by atoms with E-state index in [2.05, 4.69) is 16.5 Å². The highest BCUT2D eigenvalue weighted by Gasteiger charge is 2.22. The molecule has 1 atom stereocenters. The summed E-state index contributed by atoms with van der Waals surface area (Å²) in [7, 11) is 1.57. The van der Waals surface area contributed by atoms with Gasteiger partial charge in [0.25, 0.3) is 0 Å². The number of carbonyl (C=O) groups is 2. The van der Waals surface area contributed by atoms with Crippen LogP contribution < -0.4 is 4.74 Å². The molecule has 0 saturated heterocycles. The zero-order valence-electron chi connectivity index (χ0n) is 18.2. The van der Waals surface area contributed by atoms with Gasteiger partial charge in [0.1, 0.15) is 12.2 Å². The number of ether oxygens (including phenoxy) is 2. The zero-order valence-corrected chi connectivity index (χ0v) is 19.0. The number of carboxylic acid groups (broad SMARTS) is 1. The number of para-hydroxylation sites is 1. The SMILES string of the molecule is COc1ccc(C(OC(=O)CC(=O)O)c2cccc(-c3cn4c(n3)sc3ccccc34)c2)cc1. The molecule has 0 spiro atoms. The lowest BCUT2D eigenvalue weighted by molar-refractivity contribution is -0.154. The maximum Gasteiger partial charge on any atom is 0.318 e. The predicted molar refractivity (Wildman–Crippen MR) is 129 cm³/mol. The molecule has 170 valence electrons. The van der Waals surface area contributed by atoms with Crippen LogP contribution in [-0.2, 0) is 14.3 Å². The maximum atomic E-state index is 12.3. The Morgan fingerprint density at radius 3 is 2.59 bits per heavy atom. The molecular formula is C26H20N2O5S. The summed E-state index contributed by atoms with van der Waals surface area (Å²) in [5, 5.41) is 9.00. The summed E-state index contributed by atoms with van der Waals surface area (Å²) in [4.78, 5) is 29.0. The Kier molecular flexibility index (Phi) is 5.73. The molecule has 0 aliphatic rings. The summed E-state index contributed by atoms with van der Waals surface area (Å²) in [6, 6.07) is 22.8. The van der Waals surface area contributed by atoms with Gasteiger partial charge in [0, 0.05) is 11.8 Å². The van der Waals surface area contributed by atoms with Crippen molar-refractivity contribution < 1.29 is 24.2 Å². The van der Waals surface area contributed by atoms with Crippen LogP contribution >= 0.6 is 11.3 Å². The van der Waals surface area contributed by atoms with Crippen molar-refractivity contribution in [2.75, 3.05) is 7.11 Å². The van der Waals surface area contributed by atoms with Crippen LogP contribution in [0.5, 0.6) is 5.75 Å². The lowest BCUT2D eigenvalue weighted by Crippen LogP contribution is -2.16. The number of fused-ring (bicyclic) bond motifs is 3. The maximum absolute atomic E-state index is 12.3. The van der Waals surface area contributed by atoms with Gasteiger partial charge in [0.2, 0.25) is 0 Å². The molecule has 7 nitrogen and oxygen atoms in total. The number of carboxylic acids is 1. The molecule has 34 heavy (non-hydrogen) atoms. The minimum atomic E-state index is -1.24. The lowest BCUT2D eigenvalue weighted by Gasteiger charge is -2.19. The van der Waals surface area contributed by atoms with Crippen LogP contribution in [0.3, 0.4) is 0 Å². The Morgan fingerprint density at radius 1 is 1.03 bits per heavy atom. The van der Waals surface area contributed by atoms with E-state index in [9.17, 15) is 9.59 Å². The molecule has 0 fully saturated rings. The van der Waals surface area contributed by atoms with Crippen molar-refractivity contribution in [1.82, 2.24) is 9.38 Å². The van der Waals surface area contributed by atoms with E-state index >= 15 is 0 Å². The number of rotatable bonds is 7. The van der Waals surface area contributed by atoms with Crippen LogP contribution in [-0.4, -0.2) is 33.5 Å². The quantitative estimate of drug-likeness (QED) is 0.254. The highest BCUT2D eigenvalue weighted by molar-refractivity contribution is 7.23. The van der Waals surface area contributed by atoms with Crippen molar-refractivity contribution in [3.63, 3.8) is 0 Å². The number of nitrogens with zero attached hydrogens (tertiary/aromatic N) is 2. The van der Waals surface area contributed by atoms with Crippen LogP contribution in [0.25, 0.3) is 26.4 Å². The summed E-state index contributed by atoms with van der Waals surface area (Å²) in [5.74, 6) is -1.39. The highest BCUT2D eigenvalue weighted by Crippen LogP contribution is 2.33. The van der Waals surface area contributed by atoms with Gasteiger partial charge in [-0.25, -0.2) is 4.98 Å². The number of thiazole rings is 1. The van der Waals surface area contributed by atoms with Crippen molar-refractivity contribution in [2.45, 2.75) is 12.5 Å². The van der Waals surface area contributed by atoms with Crippen LogP contribution in [0, 0.1) is 0 Å². The Bertz CT molecular complexity index is 1500. The van der Waals surface area contributed by atoms with Gasteiger partial charge in [0.05, 0.1) is 23.0 Å². The summed E-state index contributed by atoms with van der Waals surface area (Å²) < 4.78 is 14.1. The number of imidazole rings is 1. The standard InChI is InChI=1S/C26H20N2O5S/c1-32-19-11-9-16(10-12-19)25(33-24(31)14-23(29)30)18-6-4-5-17(13-18)20-15-28-21-7-2-3-8-22(21)34-26(28)27-20/h2-13,15,25H,14H2,1H3,(H,29,30). The molecule has 1 N–H and O–H groups in total. The van der Waals surface area contributed by atoms with Crippen molar-refractivity contribution in [1.29, 1.82) is 0 Å². The average molecular weight is 473 g/mol.